The van der Waals surface area contributed by atoms with Gasteiger partial charge in [-0.1, -0.05) is 12.1 Å². The van der Waals surface area contributed by atoms with E-state index in [0.717, 1.165) is 29.3 Å². The molecular formula is C13H18N2O2S. The Bertz CT molecular complexity index is 479. The van der Waals surface area contributed by atoms with Crippen LogP contribution in [0.2, 0.25) is 0 Å². The second-order valence-corrected chi connectivity index (χ2v) is 5.14. The van der Waals surface area contributed by atoms with Crippen LogP contribution in [0.5, 0.6) is 0 Å². The van der Waals surface area contributed by atoms with Gasteiger partial charge >= 0.3 is 0 Å². The van der Waals surface area contributed by atoms with Gasteiger partial charge in [0.15, 0.2) is 5.76 Å². The summed E-state index contributed by atoms with van der Waals surface area (Å²) in [5.41, 5.74) is 0.924. The van der Waals surface area contributed by atoms with Crippen LogP contribution in [0.3, 0.4) is 0 Å². The minimum absolute atomic E-state index is 0.704. The van der Waals surface area contributed by atoms with Crippen LogP contribution in [0.25, 0.3) is 10.6 Å². The molecule has 98 valence electrons. The molecule has 0 radical (unpaired) electrons. The molecule has 5 heteroatoms. The van der Waals surface area contributed by atoms with Gasteiger partial charge in [0.25, 0.3) is 0 Å². The van der Waals surface area contributed by atoms with Crippen molar-refractivity contribution < 1.29 is 9.26 Å². The van der Waals surface area contributed by atoms with Gasteiger partial charge in [-0.05, 0) is 18.6 Å². The molecule has 0 unspecified atom stereocenters. The van der Waals surface area contributed by atoms with E-state index >= 15 is 0 Å². The summed E-state index contributed by atoms with van der Waals surface area (Å²) in [6.07, 6.45) is 1.06. The quantitative estimate of drug-likeness (QED) is 0.783. The first-order chi connectivity index (χ1) is 8.83. The molecule has 0 aliphatic rings. The van der Waals surface area contributed by atoms with E-state index in [2.05, 4.69) is 29.5 Å². The summed E-state index contributed by atoms with van der Waals surface area (Å²) in [5, 5.41) is 7.29. The van der Waals surface area contributed by atoms with Crippen molar-refractivity contribution in [1.29, 1.82) is 0 Å². The fraction of sp³-hybridized carbons (Fsp3) is 0.462. The molecule has 4 nitrogen and oxygen atoms in total. The first kappa shape index (κ1) is 13.3. The Hall–Kier alpha value is -1.17. The fourth-order valence-electron chi connectivity index (χ4n) is 1.60. The molecule has 0 spiro atoms. The van der Waals surface area contributed by atoms with Gasteiger partial charge < -0.3 is 14.6 Å². The van der Waals surface area contributed by atoms with Gasteiger partial charge in [0.2, 0.25) is 0 Å². The third kappa shape index (κ3) is 3.41. The van der Waals surface area contributed by atoms with Crippen LogP contribution in [-0.4, -0.2) is 25.4 Å². The van der Waals surface area contributed by atoms with Crippen molar-refractivity contribution in [3.63, 3.8) is 0 Å². The molecule has 2 rings (SSSR count). The number of ether oxygens (including phenoxy) is 1. The molecule has 0 saturated carbocycles. The Morgan fingerprint density at radius 1 is 1.44 bits per heavy atom. The monoisotopic (exact) mass is 266 g/mol. The number of methoxy groups -OCH3 is 1. The van der Waals surface area contributed by atoms with Crippen LogP contribution in [0, 0.1) is 0 Å². The van der Waals surface area contributed by atoms with Crippen molar-refractivity contribution >= 4 is 11.3 Å². The number of aromatic nitrogens is 1. The molecule has 0 saturated heterocycles. The molecule has 18 heavy (non-hydrogen) atoms. The molecule has 0 aromatic carbocycles. The largest absolute Gasteiger partial charge is 0.383 e. The Balaban J connectivity index is 1.93. The van der Waals surface area contributed by atoms with E-state index in [0.29, 0.717) is 13.2 Å². The number of hydrogen-bond donors (Lipinski definition) is 1. The minimum atomic E-state index is 0.704. The normalized spacial score (nSPS) is 11.0. The Morgan fingerprint density at radius 2 is 2.33 bits per heavy atom. The zero-order chi connectivity index (χ0) is 12.8. The third-order valence-electron chi connectivity index (χ3n) is 2.60. The standard InChI is InChI=1S/C13H18N2O2S/c1-3-11-4-5-13(18-11)12-8-10(15-17-12)9-14-6-7-16-2/h4-5,8,14H,3,6-7,9H2,1-2H3. The SMILES string of the molecule is CCc1ccc(-c2cc(CNCCOC)no2)s1. The van der Waals surface area contributed by atoms with Gasteiger partial charge in [0, 0.05) is 31.1 Å². The van der Waals surface area contributed by atoms with Crippen LogP contribution < -0.4 is 5.32 Å². The molecule has 0 amide bonds. The number of aryl methyl sites for hydroxylation is 1. The fourth-order valence-corrected chi connectivity index (χ4v) is 2.50. The summed E-state index contributed by atoms with van der Waals surface area (Å²) in [7, 11) is 1.69. The van der Waals surface area contributed by atoms with Crippen molar-refractivity contribution in [1.82, 2.24) is 10.5 Å². The summed E-state index contributed by atoms with van der Waals surface area (Å²) < 4.78 is 10.3. The van der Waals surface area contributed by atoms with Crippen LogP contribution in [0.4, 0.5) is 0 Å². The summed E-state index contributed by atoms with van der Waals surface area (Å²) >= 11 is 1.76. The summed E-state index contributed by atoms with van der Waals surface area (Å²) in [4.78, 5) is 2.50. The van der Waals surface area contributed by atoms with E-state index in [4.69, 9.17) is 9.26 Å². The number of hydrogen-bond acceptors (Lipinski definition) is 5. The molecule has 1 N–H and O–H groups in total. The Labute approximate surface area is 111 Å². The van der Waals surface area contributed by atoms with Crippen molar-refractivity contribution in [2.75, 3.05) is 20.3 Å². The molecule has 2 aromatic heterocycles. The molecule has 2 heterocycles. The van der Waals surface area contributed by atoms with Crippen LogP contribution in [0.15, 0.2) is 22.7 Å². The Kier molecular flexibility index (Phi) is 4.92. The zero-order valence-corrected chi connectivity index (χ0v) is 11.5. The third-order valence-corrected chi connectivity index (χ3v) is 3.85. The highest BCUT2D eigenvalue weighted by Crippen LogP contribution is 2.28. The van der Waals surface area contributed by atoms with Gasteiger partial charge in [0.1, 0.15) is 0 Å². The van der Waals surface area contributed by atoms with E-state index in [-0.39, 0.29) is 0 Å². The number of nitrogens with one attached hydrogen (secondary N) is 1. The minimum Gasteiger partial charge on any atom is -0.383 e. The first-order valence-electron chi connectivity index (χ1n) is 6.07. The van der Waals surface area contributed by atoms with Crippen LogP contribution in [-0.2, 0) is 17.7 Å². The molecular weight excluding hydrogens is 248 g/mol. The van der Waals surface area contributed by atoms with Gasteiger partial charge in [0.05, 0.1) is 17.2 Å². The van der Waals surface area contributed by atoms with Gasteiger partial charge in [-0.3, -0.25) is 0 Å². The van der Waals surface area contributed by atoms with Crippen molar-refractivity contribution in [3.05, 3.63) is 28.8 Å². The highest BCUT2D eigenvalue weighted by atomic mass is 32.1. The second-order valence-electron chi connectivity index (χ2n) is 3.97. The number of thiophene rings is 1. The summed E-state index contributed by atoms with van der Waals surface area (Å²) in [5.74, 6) is 0.850. The van der Waals surface area contributed by atoms with Gasteiger partial charge in [-0.15, -0.1) is 11.3 Å². The highest BCUT2D eigenvalue weighted by Gasteiger charge is 2.08. The number of rotatable bonds is 7. The average Bonchev–Trinajstić information content (AvgIpc) is 3.03. The van der Waals surface area contributed by atoms with Crippen molar-refractivity contribution in [3.8, 4) is 10.6 Å². The average molecular weight is 266 g/mol. The van der Waals surface area contributed by atoms with E-state index in [9.17, 15) is 0 Å². The predicted molar refractivity (Wildman–Crippen MR) is 72.8 cm³/mol. The lowest BCUT2D eigenvalue weighted by Gasteiger charge is -1.99. The number of nitrogens with zero attached hydrogens (tertiary/aromatic N) is 1. The lowest BCUT2D eigenvalue weighted by Crippen LogP contribution is -2.18. The summed E-state index contributed by atoms with van der Waals surface area (Å²) in [6, 6.07) is 6.22. The van der Waals surface area contributed by atoms with Gasteiger partial charge in [-0.2, -0.15) is 0 Å². The maximum atomic E-state index is 5.35. The molecule has 0 fully saturated rings. The van der Waals surface area contributed by atoms with Crippen LogP contribution in [0.1, 0.15) is 17.5 Å². The molecule has 0 atom stereocenters. The lowest BCUT2D eigenvalue weighted by molar-refractivity contribution is 0.199. The Morgan fingerprint density at radius 3 is 3.06 bits per heavy atom. The molecule has 0 bridgehead atoms. The van der Waals surface area contributed by atoms with Crippen molar-refractivity contribution in [2.45, 2.75) is 19.9 Å². The lowest BCUT2D eigenvalue weighted by atomic mass is 10.3. The van der Waals surface area contributed by atoms with Gasteiger partial charge in [-0.25, -0.2) is 0 Å². The topological polar surface area (TPSA) is 47.3 Å². The predicted octanol–water partition coefficient (Wildman–Crippen LogP) is 2.70. The van der Waals surface area contributed by atoms with E-state index < -0.39 is 0 Å². The first-order valence-corrected chi connectivity index (χ1v) is 6.89. The second kappa shape index (κ2) is 6.68. The van der Waals surface area contributed by atoms with E-state index in [1.807, 2.05) is 6.07 Å². The van der Waals surface area contributed by atoms with E-state index in [1.165, 1.54) is 4.88 Å². The van der Waals surface area contributed by atoms with Crippen molar-refractivity contribution in [2.24, 2.45) is 0 Å². The molecule has 2 aromatic rings. The molecule has 0 aliphatic carbocycles. The zero-order valence-electron chi connectivity index (χ0n) is 10.7. The molecule has 0 aliphatic heterocycles. The maximum absolute atomic E-state index is 5.35. The maximum Gasteiger partial charge on any atom is 0.177 e. The summed E-state index contributed by atoms with van der Waals surface area (Å²) in [6.45, 7) is 4.38. The smallest absolute Gasteiger partial charge is 0.177 e. The van der Waals surface area contributed by atoms with Crippen LogP contribution >= 0.6 is 11.3 Å². The highest BCUT2D eigenvalue weighted by molar-refractivity contribution is 7.15. The van der Waals surface area contributed by atoms with E-state index in [1.54, 1.807) is 18.4 Å².